The zero-order valence-corrected chi connectivity index (χ0v) is 25.8. The van der Waals surface area contributed by atoms with Crippen LogP contribution in [0.3, 0.4) is 0 Å². The molecule has 2 aliphatic heterocycles. The van der Waals surface area contributed by atoms with Crippen LogP contribution in [0.25, 0.3) is 0 Å². The number of nitrogens with zero attached hydrogens (tertiary/aromatic N) is 4. The third kappa shape index (κ3) is 8.06. The Labute approximate surface area is 268 Å². The highest BCUT2D eigenvalue weighted by Crippen LogP contribution is 2.31. The smallest absolute Gasteiger partial charge is 0.490 e. The van der Waals surface area contributed by atoms with Crippen molar-refractivity contribution in [3.05, 3.63) is 89.2 Å². The van der Waals surface area contributed by atoms with Gasteiger partial charge in [0.05, 0.1) is 28.1 Å². The highest BCUT2D eigenvalue weighted by Gasteiger charge is 2.46. The number of piperidine rings is 2. The summed E-state index contributed by atoms with van der Waals surface area (Å²) in [6.45, 7) is 1.90. The van der Waals surface area contributed by atoms with Crippen LogP contribution in [0.5, 0.6) is 5.75 Å². The predicted molar refractivity (Wildman–Crippen MR) is 161 cm³/mol. The number of carbonyl (C=O) groups excluding carboxylic acids is 2. The summed E-state index contributed by atoms with van der Waals surface area (Å²) in [7, 11) is -5.45. The van der Waals surface area contributed by atoms with Gasteiger partial charge in [-0.15, -0.1) is 0 Å². The molecule has 0 radical (unpaired) electrons. The molecule has 0 saturated carbocycles. The first kappa shape index (κ1) is 33.8. The van der Waals surface area contributed by atoms with E-state index in [4.69, 9.17) is 10.00 Å². The van der Waals surface area contributed by atoms with Crippen molar-refractivity contribution in [3.8, 4) is 11.8 Å². The number of aromatic nitrogens is 1. The van der Waals surface area contributed by atoms with Gasteiger partial charge in [0, 0.05) is 51.8 Å². The number of hydrogen-bond acceptors (Lipinski definition) is 8. The Kier molecular flexibility index (Phi) is 10.1. The molecule has 10 nitrogen and oxygen atoms in total. The number of carbonyl (C=O) groups is 2. The first-order valence-corrected chi connectivity index (χ1v) is 16.3. The van der Waals surface area contributed by atoms with Crippen LogP contribution in [0.1, 0.15) is 51.2 Å². The van der Waals surface area contributed by atoms with Crippen molar-refractivity contribution < 1.29 is 40.3 Å². The van der Waals surface area contributed by atoms with E-state index in [9.17, 15) is 35.6 Å². The van der Waals surface area contributed by atoms with E-state index in [0.29, 0.717) is 51.0 Å². The van der Waals surface area contributed by atoms with Crippen molar-refractivity contribution in [2.45, 2.75) is 54.5 Å². The van der Waals surface area contributed by atoms with Crippen LogP contribution in [0.15, 0.2) is 71.8 Å². The molecular formula is C32H31F4N5O5S. The standard InChI is InChI=1S/C32H31F4N5O5S/c33-27-20-40(19-22-3-1-21(17-37)2-4-22)14-13-28(27)39-30(42)23-5-10-29(38-18-23)31(43)41-15-11-25(12-16-41)46-24-6-8-26(9-7-24)47(44,45)32(34,35)36/h1-10,18,25,27-28H,11-16,19-20H2,(H,39,42)/t27-,28-/m0/s1. The van der Waals surface area contributed by atoms with Gasteiger partial charge in [0.25, 0.3) is 21.7 Å². The molecule has 0 bridgehead atoms. The molecule has 2 amide bonds. The summed E-state index contributed by atoms with van der Waals surface area (Å²) in [4.78, 5) is 32.6. The Morgan fingerprint density at radius 1 is 0.979 bits per heavy atom. The predicted octanol–water partition coefficient (Wildman–Crippen LogP) is 4.27. The topological polar surface area (TPSA) is 133 Å². The number of rotatable bonds is 8. The van der Waals surface area contributed by atoms with Gasteiger partial charge in [-0.05, 0) is 60.5 Å². The first-order chi connectivity index (χ1) is 22.3. The van der Waals surface area contributed by atoms with Crippen LogP contribution in [-0.2, 0) is 16.4 Å². The fraction of sp³-hybridized carbons (Fsp3) is 0.375. The van der Waals surface area contributed by atoms with Crippen molar-refractivity contribution >= 4 is 21.7 Å². The molecule has 2 atom stereocenters. The summed E-state index contributed by atoms with van der Waals surface area (Å²) >= 11 is 0. The lowest BCUT2D eigenvalue weighted by molar-refractivity contribution is -0.0436. The maximum absolute atomic E-state index is 15.0. The number of nitriles is 1. The fourth-order valence-corrected chi connectivity index (χ4v) is 6.25. The molecule has 47 heavy (non-hydrogen) atoms. The lowest BCUT2D eigenvalue weighted by Gasteiger charge is -2.35. The van der Waals surface area contributed by atoms with Crippen LogP contribution in [0, 0.1) is 11.3 Å². The van der Waals surface area contributed by atoms with Crippen LogP contribution in [-0.4, -0.2) is 85.0 Å². The SMILES string of the molecule is N#Cc1ccc(CN2CC[C@H](NC(=O)c3ccc(C(=O)N4CCC(Oc5ccc(S(=O)(=O)C(F)(F)F)cc5)CC4)nc3)[C@@H](F)C2)cc1. The number of nitrogens with one attached hydrogen (secondary N) is 1. The van der Waals surface area contributed by atoms with Crippen molar-refractivity contribution in [1.82, 2.24) is 20.1 Å². The molecule has 0 aliphatic carbocycles. The Morgan fingerprint density at radius 3 is 2.23 bits per heavy atom. The van der Waals surface area contributed by atoms with E-state index in [1.165, 1.54) is 18.3 Å². The summed E-state index contributed by atoms with van der Waals surface area (Å²) in [6.07, 6.45) is 0.908. The molecule has 248 valence electrons. The van der Waals surface area contributed by atoms with Gasteiger partial charge in [-0.25, -0.2) is 12.8 Å². The van der Waals surface area contributed by atoms with Crippen molar-refractivity contribution in [2.75, 3.05) is 26.2 Å². The highest BCUT2D eigenvalue weighted by molar-refractivity contribution is 7.92. The third-order valence-electron chi connectivity index (χ3n) is 8.15. The monoisotopic (exact) mass is 673 g/mol. The molecule has 1 aromatic heterocycles. The molecule has 3 heterocycles. The lowest BCUT2D eigenvalue weighted by Crippen LogP contribution is -2.52. The summed E-state index contributed by atoms with van der Waals surface area (Å²) in [6, 6.07) is 15.4. The number of hydrogen-bond donors (Lipinski definition) is 1. The maximum Gasteiger partial charge on any atom is 0.501 e. The van der Waals surface area contributed by atoms with E-state index in [1.54, 1.807) is 17.0 Å². The number of pyridine rings is 1. The summed E-state index contributed by atoms with van der Waals surface area (Å²) in [5, 5.41) is 11.7. The third-order valence-corrected chi connectivity index (χ3v) is 9.65. The van der Waals surface area contributed by atoms with E-state index in [0.717, 1.165) is 29.8 Å². The molecule has 15 heteroatoms. The Balaban J connectivity index is 1.07. The van der Waals surface area contributed by atoms with E-state index in [2.05, 4.69) is 16.4 Å². The highest BCUT2D eigenvalue weighted by atomic mass is 32.2. The average molecular weight is 674 g/mol. The minimum atomic E-state index is -5.45. The second-order valence-electron chi connectivity index (χ2n) is 11.4. The summed E-state index contributed by atoms with van der Waals surface area (Å²) < 4.78 is 82.1. The largest absolute Gasteiger partial charge is 0.501 e. The maximum atomic E-state index is 15.0. The molecule has 1 N–H and O–H groups in total. The first-order valence-electron chi connectivity index (χ1n) is 14.8. The molecular weight excluding hydrogens is 642 g/mol. The van der Waals surface area contributed by atoms with Crippen molar-refractivity contribution in [2.24, 2.45) is 0 Å². The molecule has 2 fully saturated rings. The lowest BCUT2D eigenvalue weighted by atomic mass is 10.0. The Morgan fingerprint density at radius 2 is 1.66 bits per heavy atom. The average Bonchev–Trinajstić information content (AvgIpc) is 3.06. The van der Waals surface area contributed by atoms with Crippen LogP contribution >= 0.6 is 0 Å². The Bertz CT molecular complexity index is 1720. The normalized spacial score (nSPS) is 19.5. The molecule has 2 aliphatic rings. The molecule has 3 aromatic rings. The van der Waals surface area contributed by atoms with Crippen LogP contribution in [0.4, 0.5) is 17.6 Å². The number of ether oxygens (including phenoxy) is 1. The van der Waals surface area contributed by atoms with Gasteiger partial charge < -0.3 is 15.0 Å². The molecule has 2 saturated heterocycles. The second-order valence-corrected chi connectivity index (χ2v) is 13.3. The number of alkyl halides is 4. The van der Waals surface area contributed by atoms with Gasteiger partial charge in [0.1, 0.15) is 23.7 Å². The van der Waals surface area contributed by atoms with Crippen LogP contribution < -0.4 is 10.1 Å². The van der Waals surface area contributed by atoms with Gasteiger partial charge in [-0.3, -0.25) is 19.5 Å². The summed E-state index contributed by atoms with van der Waals surface area (Å²) in [5.41, 5.74) is -3.56. The number of likely N-dealkylation sites (tertiary alicyclic amines) is 2. The quantitative estimate of drug-likeness (QED) is 0.351. The van der Waals surface area contributed by atoms with Gasteiger partial charge >= 0.3 is 5.51 Å². The van der Waals surface area contributed by atoms with Crippen molar-refractivity contribution in [3.63, 3.8) is 0 Å². The van der Waals surface area contributed by atoms with Gasteiger partial charge in [0.2, 0.25) is 0 Å². The number of halogens is 4. The van der Waals surface area contributed by atoms with E-state index in [-0.39, 0.29) is 35.6 Å². The Hall–Kier alpha value is -4.55. The molecule has 0 spiro atoms. The van der Waals surface area contributed by atoms with E-state index in [1.807, 2.05) is 17.0 Å². The molecule has 5 rings (SSSR count). The second kappa shape index (κ2) is 14.1. The van der Waals surface area contributed by atoms with Crippen molar-refractivity contribution in [1.29, 1.82) is 5.26 Å². The van der Waals surface area contributed by atoms with Gasteiger partial charge in [-0.1, -0.05) is 12.1 Å². The number of sulfone groups is 1. The minimum absolute atomic E-state index is 0.127. The number of amides is 2. The fourth-order valence-electron chi connectivity index (χ4n) is 5.49. The zero-order chi connectivity index (χ0) is 33.8. The summed E-state index contributed by atoms with van der Waals surface area (Å²) in [5.74, 6) is -0.638. The van der Waals surface area contributed by atoms with Gasteiger partial charge in [-0.2, -0.15) is 18.4 Å². The zero-order valence-electron chi connectivity index (χ0n) is 25.0. The van der Waals surface area contributed by atoms with E-state index >= 15 is 0 Å². The van der Waals surface area contributed by atoms with E-state index < -0.39 is 38.4 Å². The van der Waals surface area contributed by atoms with Crippen LogP contribution in [0.2, 0.25) is 0 Å². The number of benzene rings is 2. The molecule has 2 aromatic carbocycles. The van der Waals surface area contributed by atoms with Gasteiger partial charge in [0.15, 0.2) is 0 Å². The minimum Gasteiger partial charge on any atom is -0.490 e. The molecule has 0 unspecified atom stereocenters.